The third-order valence-electron chi connectivity index (χ3n) is 4.20. The Morgan fingerprint density at radius 3 is 2.19 bits per heavy atom. The Hall–Kier alpha value is 0.250. The van der Waals surface area contributed by atoms with Gasteiger partial charge in [-0.05, 0) is 38.5 Å². The van der Waals surface area contributed by atoms with Crippen molar-refractivity contribution in [3.05, 3.63) is 0 Å². The van der Waals surface area contributed by atoms with E-state index in [1.807, 2.05) is 0 Å². The standard InChI is InChI=1S/C14H27ClO/c1-6-14(7-2)12(15)9-13(14)16-11(5)8-10(3)4/h10-13H,6-9H2,1-5H3. The van der Waals surface area contributed by atoms with Gasteiger partial charge in [0, 0.05) is 10.8 Å². The maximum atomic E-state index is 6.38. The predicted octanol–water partition coefficient (Wildman–Crippen LogP) is 4.62. The Kier molecular flexibility index (Phi) is 5.12. The molecule has 0 heterocycles. The van der Waals surface area contributed by atoms with E-state index in [0.717, 1.165) is 25.7 Å². The van der Waals surface area contributed by atoms with E-state index in [4.69, 9.17) is 16.3 Å². The van der Waals surface area contributed by atoms with Crippen LogP contribution in [0.15, 0.2) is 0 Å². The first-order valence-corrected chi connectivity index (χ1v) is 7.19. The molecule has 0 aromatic heterocycles. The average molecular weight is 247 g/mol. The molecule has 96 valence electrons. The minimum absolute atomic E-state index is 0.243. The molecule has 1 aliphatic carbocycles. The van der Waals surface area contributed by atoms with E-state index in [2.05, 4.69) is 34.6 Å². The molecule has 0 aromatic carbocycles. The minimum atomic E-state index is 0.243. The van der Waals surface area contributed by atoms with Crippen molar-refractivity contribution >= 4 is 11.6 Å². The molecule has 0 aromatic rings. The second kappa shape index (κ2) is 5.73. The second-order valence-corrected chi connectivity index (χ2v) is 6.24. The number of hydrogen-bond acceptors (Lipinski definition) is 1. The van der Waals surface area contributed by atoms with Gasteiger partial charge in [-0.25, -0.2) is 0 Å². The molecule has 2 heteroatoms. The van der Waals surface area contributed by atoms with Crippen LogP contribution in [0, 0.1) is 11.3 Å². The molecule has 3 unspecified atom stereocenters. The first-order valence-electron chi connectivity index (χ1n) is 6.75. The Morgan fingerprint density at radius 2 is 1.81 bits per heavy atom. The highest BCUT2D eigenvalue weighted by atomic mass is 35.5. The zero-order valence-electron chi connectivity index (χ0n) is 11.4. The summed E-state index contributed by atoms with van der Waals surface area (Å²) in [6, 6.07) is 0. The molecule has 16 heavy (non-hydrogen) atoms. The van der Waals surface area contributed by atoms with Crippen LogP contribution in [0.5, 0.6) is 0 Å². The highest BCUT2D eigenvalue weighted by molar-refractivity contribution is 6.21. The van der Waals surface area contributed by atoms with Crippen LogP contribution in [0.25, 0.3) is 0 Å². The van der Waals surface area contributed by atoms with Crippen LogP contribution in [0.4, 0.5) is 0 Å². The summed E-state index contributed by atoms with van der Waals surface area (Å²) in [6.45, 7) is 11.2. The van der Waals surface area contributed by atoms with Crippen molar-refractivity contribution in [1.82, 2.24) is 0 Å². The largest absolute Gasteiger partial charge is 0.375 e. The van der Waals surface area contributed by atoms with E-state index in [1.165, 1.54) is 0 Å². The maximum absolute atomic E-state index is 6.38. The third-order valence-corrected chi connectivity index (χ3v) is 4.82. The quantitative estimate of drug-likeness (QED) is 0.622. The van der Waals surface area contributed by atoms with E-state index in [9.17, 15) is 0 Å². The van der Waals surface area contributed by atoms with Gasteiger partial charge < -0.3 is 4.74 Å². The smallest absolute Gasteiger partial charge is 0.0663 e. The van der Waals surface area contributed by atoms with Crippen molar-refractivity contribution < 1.29 is 4.74 Å². The van der Waals surface area contributed by atoms with Gasteiger partial charge in [0.2, 0.25) is 0 Å². The van der Waals surface area contributed by atoms with Gasteiger partial charge in [0.1, 0.15) is 0 Å². The van der Waals surface area contributed by atoms with Gasteiger partial charge >= 0.3 is 0 Å². The summed E-state index contributed by atoms with van der Waals surface area (Å²) in [4.78, 5) is 0. The van der Waals surface area contributed by atoms with Crippen LogP contribution < -0.4 is 0 Å². The van der Waals surface area contributed by atoms with Crippen LogP contribution in [0.1, 0.15) is 60.3 Å². The molecule has 3 atom stereocenters. The lowest BCUT2D eigenvalue weighted by atomic mass is 9.62. The summed E-state index contributed by atoms with van der Waals surface area (Å²) >= 11 is 6.38. The lowest BCUT2D eigenvalue weighted by molar-refractivity contribution is -0.141. The molecule has 1 rings (SSSR count). The van der Waals surface area contributed by atoms with Crippen LogP contribution in [-0.4, -0.2) is 17.6 Å². The van der Waals surface area contributed by atoms with Gasteiger partial charge in [-0.15, -0.1) is 11.6 Å². The summed E-state index contributed by atoms with van der Waals surface area (Å²) in [5.41, 5.74) is 0.243. The van der Waals surface area contributed by atoms with Crippen LogP contribution >= 0.6 is 11.6 Å². The molecule has 1 saturated carbocycles. The molecule has 1 aliphatic rings. The van der Waals surface area contributed by atoms with Crippen molar-refractivity contribution in [3.8, 4) is 0 Å². The Labute approximate surface area is 106 Å². The third kappa shape index (κ3) is 2.73. The van der Waals surface area contributed by atoms with Gasteiger partial charge in [0.05, 0.1) is 12.2 Å². The van der Waals surface area contributed by atoms with Gasteiger partial charge in [-0.1, -0.05) is 27.7 Å². The van der Waals surface area contributed by atoms with Crippen molar-refractivity contribution in [1.29, 1.82) is 0 Å². The Bertz CT molecular complexity index is 211. The van der Waals surface area contributed by atoms with Crippen molar-refractivity contribution in [2.24, 2.45) is 11.3 Å². The summed E-state index contributed by atoms with van der Waals surface area (Å²) in [5, 5.41) is 0.318. The molecule has 0 spiro atoms. The van der Waals surface area contributed by atoms with Gasteiger partial charge in [-0.2, -0.15) is 0 Å². The van der Waals surface area contributed by atoms with Crippen molar-refractivity contribution in [2.75, 3.05) is 0 Å². The Morgan fingerprint density at radius 1 is 1.25 bits per heavy atom. The van der Waals surface area contributed by atoms with Gasteiger partial charge in [0.15, 0.2) is 0 Å². The molecular weight excluding hydrogens is 220 g/mol. The van der Waals surface area contributed by atoms with Crippen LogP contribution in [0.3, 0.4) is 0 Å². The van der Waals surface area contributed by atoms with Crippen LogP contribution in [0.2, 0.25) is 0 Å². The fourth-order valence-electron chi connectivity index (χ4n) is 3.04. The topological polar surface area (TPSA) is 9.23 Å². The van der Waals surface area contributed by atoms with Gasteiger partial charge in [0.25, 0.3) is 0 Å². The first kappa shape index (κ1) is 14.3. The predicted molar refractivity (Wildman–Crippen MR) is 71.1 cm³/mol. The number of hydrogen-bond donors (Lipinski definition) is 0. The molecule has 1 fully saturated rings. The highest BCUT2D eigenvalue weighted by Gasteiger charge is 2.52. The summed E-state index contributed by atoms with van der Waals surface area (Å²) in [6.07, 6.45) is 5.21. The number of alkyl halides is 1. The van der Waals surface area contributed by atoms with E-state index < -0.39 is 0 Å². The highest BCUT2D eigenvalue weighted by Crippen LogP contribution is 2.52. The van der Waals surface area contributed by atoms with Crippen molar-refractivity contribution in [3.63, 3.8) is 0 Å². The molecule has 0 bridgehead atoms. The number of rotatable bonds is 6. The second-order valence-electron chi connectivity index (χ2n) is 5.71. The monoisotopic (exact) mass is 246 g/mol. The van der Waals surface area contributed by atoms with E-state index >= 15 is 0 Å². The summed E-state index contributed by atoms with van der Waals surface area (Å²) < 4.78 is 6.18. The lowest BCUT2D eigenvalue weighted by Gasteiger charge is -2.53. The summed E-state index contributed by atoms with van der Waals surface area (Å²) in [7, 11) is 0. The number of halogens is 1. The first-order chi connectivity index (χ1) is 7.46. The zero-order valence-corrected chi connectivity index (χ0v) is 12.2. The van der Waals surface area contributed by atoms with E-state index in [1.54, 1.807) is 0 Å². The Balaban J connectivity index is 2.49. The fourth-order valence-corrected chi connectivity index (χ4v) is 3.65. The van der Waals surface area contributed by atoms with Crippen LogP contribution in [-0.2, 0) is 4.74 Å². The molecule has 1 nitrogen and oxygen atoms in total. The molecule has 0 aliphatic heterocycles. The fraction of sp³-hybridized carbons (Fsp3) is 1.00. The molecule has 0 saturated heterocycles. The SMILES string of the molecule is CCC1(CC)C(Cl)CC1OC(C)CC(C)C. The number of ether oxygens (including phenoxy) is 1. The van der Waals surface area contributed by atoms with E-state index in [0.29, 0.717) is 23.5 Å². The molecule has 0 amide bonds. The zero-order chi connectivity index (χ0) is 12.3. The lowest BCUT2D eigenvalue weighted by Crippen LogP contribution is -2.56. The van der Waals surface area contributed by atoms with Gasteiger partial charge in [-0.3, -0.25) is 0 Å². The minimum Gasteiger partial charge on any atom is -0.375 e. The molecule has 0 radical (unpaired) electrons. The van der Waals surface area contributed by atoms with Crippen molar-refractivity contribution in [2.45, 2.75) is 77.9 Å². The average Bonchev–Trinajstić information content (AvgIpc) is 2.18. The molecule has 0 N–H and O–H groups in total. The summed E-state index contributed by atoms with van der Waals surface area (Å²) in [5.74, 6) is 0.708. The normalized spacial score (nSPS) is 30.2. The van der Waals surface area contributed by atoms with E-state index in [-0.39, 0.29) is 5.41 Å². The maximum Gasteiger partial charge on any atom is 0.0663 e. The molecular formula is C14H27ClO.